The molecule has 0 fully saturated rings. The summed E-state index contributed by atoms with van der Waals surface area (Å²) in [7, 11) is 1.50. The molecule has 0 saturated heterocycles. The maximum atomic E-state index is 12.5. The summed E-state index contributed by atoms with van der Waals surface area (Å²) in [5.74, 6) is -0.922. The monoisotopic (exact) mass is 392 g/mol. The van der Waals surface area contributed by atoms with Gasteiger partial charge in [0, 0.05) is 18.0 Å². The first-order chi connectivity index (χ1) is 14.1. The highest BCUT2D eigenvalue weighted by atomic mass is 16.5. The van der Waals surface area contributed by atoms with Gasteiger partial charge in [-0.25, -0.2) is 0 Å². The molecule has 0 aliphatic rings. The molecule has 148 valence electrons. The Morgan fingerprint density at radius 2 is 1.66 bits per heavy atom. The van der Waals surface area contributed by atoms with Crippen LogP contribution < -0.4 is 20.9 Å². The van der Waals surface area contributed by atoms with E-state index in [1.807, 2.05) is 30.6 Å². The van der Waals surface area contributed by atoms with Crippen LogP contribution in [0.1, 0.15) is 20.7 Å². The lowest BCUT2D eigenvalue weighted by Crippen LogP contribution is -2.46. The van der Waals surface area contributed by atoms with Gasteiger partial charge in [-0.2, -0.15) is 0 Å². The van der Waals surface area contributed by atoms with Gasteiger partial charge in [0.05, 0.1) is 24.9 Å². The van der Waals surface area contributed by atoms with Crippen molar-refractivity contribution >= 4 is 17.7 Å². The number of carbonyl (C=O) groups is 3. The van der Waals surface area contributed by atoms with Crippen molar-refractivity contribution in [1.29, 1.82) is 0 Å². The molecule has 8 nitrogen and oxygen atoms in total. The first-order valence-corrected chi connectivity index (χ1v) is 8.82. The quantitative estimate of drug-likeness (QED) is 0.556. The number of nitrogens with one attached hydrogen (secondary N) is 3. The van der Waals surface area contributed by atoms with E-state index in [4.69, 9.17) is 4.74 Å². The number of hydrogen-bond acceptors (Lipinski definition) is 4. The molecule has 2 aromatic carbocycles. The van der Waals surface area contributed by atoms with Crippen LogP contribution in [0.5, 0.6) is 5.75 Å². The van der Waals surface area contributed by atoms with Gasteiger partial charge in [0.15, 0.2) is 0 Å². The Bertz CT molecular complexity index is 1020. The number of methoxy groups -OCH3 is 1. The Morgan fingerprint density at radius 3 is 2.41 bits per heavy atom. The van der Waals surface area contributed by atoms with Crippen LogP contribution in [0.3, 0.4) is 0 Å². The largest absolute Gasteiger partial charge is 0.497 e. The normalized spacial score (nSPS) is 10.1. The highest BCUT2D eigenvalue weighted by Gasteiger charge is 2.13. The second kappa shape index (κ2) is 9.23. The maximum absolute atomic E-state index is 12.5. The van der Waals surface area contributed by atoms with Crippen LogP contribution in [0, 0.1) is 0 Å². The summed E-state index contributed by atoms with van der Waals surface area (Å²) in [6.07, 6.45) is 3.64. The number of carbonyl (C=O) groups excluding carboxylic acids is 3. The maximum Gasteiger partial charge on any atom is 0.271 e. The van der Waals surface area contributed by atoms with Crippen LogP contribution >= 0.6 is 0 Å². The van der Waals surface area contributed by atoms with E-state index >= 15 is 0 Å². The molecular formula is C21H20N4O4. The van der Waals surface area contributed by atoms with Gasteiger partial charge in [0.1, 0.15) is 5.75 Å². The van der Waals surface area contributed by atoms with E-state index in [2.05, 4.69) is 16.2 Å². The first-order valence-electron chi connectivity index (χ1n) is 8.82. The third-order valence-electron chi connectivity index (χ3n) is 4.09. The standard InChI is InChI=1S/C21H20N4O4/c1-29-16-8-6-7-15(13-16)20(27)22-14-19(26)23-24-21(28)17-9-2-3-10-18(17)25-11-4-5-12-25/h2-13H,14H2,1H3,(H,22,27)(H,23,26)(H,24,28). The van der Waals surface area contributed by atoms with Gasteiger partial charge in [-0.3, -0.25) is 25.2 Å². The van der Waals surface area contributed by atoms with Crippen molar-refractivity contribution in [2.45, 2.75) is 0 Å². The zero-order valence-corrected chi connectivity index (χ0v) is 15.7. The van der Waals surface area contributed by atoms with E-state index in [9.17, 15) is 14.4 Å². The first kappa shape index (κ1) is 19.7. The molecule has 29 heavy (non-hydrogen) atoms. The van der Waals surface area contributed by atoms with Gasteiger partial charge in [0.25, 0.3) is 17.7 Å². The van der Waals surface area contributed by atoms with Crippen molar-refractivity contribution in [2.75, 3.05) is 13.7 Å². The Balaban J connectivity index is 1.53. The van der Waals surface area contributed by atoms with Crippen molar-refractivity contribution < 1.29 is 19.1 Å². The number of benzene rings is 2. The van der Waals surface area contributed by atoms with Gasteiger partial charge in [-0.1, -0.05) is 18.2 Å². The van der Waals surface area contributed by atoms with Crippen LogP contribution in [-0.4, -0.2) is 35.9 Å². The molecular weight excluding hydrogens is 372 g/mol. The lowest BCUT2D eigenvalue weighted by molar-refractivity contribution is -0.120. The van der Waals surface area contributed by atoms with Crippen molar-refractivity contribution in [3.05, 3.63) is 84.2 Å². The lowest BCUT2D eigenvalue weighted by Gasteiger charge is -2.12. The summed E-state index contributed by atoms with van der Waals surface area (Å²) in [5, 5.41) is 2.49. The lowest BCUT2D eigenvalue weighted by atomic mass is 10.1. The van der Waals surface area contributed by atoms with E-state index in [1.54, 1.807) is 47.0 Å². The molecule has 0 bridgehead atoms. The van der Waals surface area contributed by atoms with Crippen molar-refractivity contribution in [3.63, 3.8) is 0 Å². The average Bonchev–Trinajstić information content (AvgIpc) is 3.30. The molecule has 1 aromatic heterocycles. The Kier molecular flexibility index (Phi) is 6.26. The Labute approximate surface area is 167 Å². The van der Waals surface area contributed by atoms with Crippen molar-refractivity contribution in [1.82, 2.24) is 20.7 Å². The summed E-state index contributed by atoms with van der Waals surface area (Å²) in [6.45, 7) is -0.296. The van der Waals surface area contributed by atoms with Crippen LogP contribution in [0.25, 0.3) is 5.69 Å². The van der Waals surface area contributed by atoms with Crippen LogP contribution in [0.15, 0.2) is 73.1 Å². The molecule has 3 N–H and O–H groups in total. The number of rotatable bonds is 6. The Morgan fingerprint density at radius 1 is 0.897 bits per heavy atom. The SMILES string of the molecule is COc1cccc(C(=O)NCC(=O)NNC(=O)c2ccccc2-n2cccc2)c1. The van der Waals surface area contributed by atoms with E-state index in [0.29, 0.717) is 22.6 Å². The number of nitrogens with zero attached hydrogens (tertiary/aromatic N) is 1. The third-order valence-corrected chi connectivity index (χ3v) is 4.09. The minimum absolute atomic E-state index is 0.296. The van der Waals surface area contributed by atoms with Gasteiger partial charge in [0.2, 0.25) is 0 Å². The molecule has 8 heteroatoms. The fourth-order valence-electron chi connectivity index (χ4n) is 2.65. The molecule has 1 heterocycles. The topological polar surface area (TPSA) is 101 Å². The number of amides is 3. The number of hydrogen-bond donors (Lipinski definition) is 3. The predicted molar refractivity (Wildman–Crippen MR) is 107 cm³/mol. The summed E-state index contributed by atoms with van der Waals surface area (Å²) in [5.41, 5.74) is 6.09. The van der Waals surface area contributed by atoms with Gasteiger partial charge >= 0.3 is 0 Å². The van der Waals surface area contributed by atoms with Crippen LogP contribution in [0.4, 0.5) is 0 Å². The van der Waals surface area contributed by atoms with Gasteiger partial charge < -0.3 is 14.6 Å². The molecule has 0 unspecified atom stereocenters. The second-order valence-corrected chi connectivity index (χ2v) is 6.02. The molecule has 0 radical (unpaired) electrons. The number of para-hydroxylation sites is 1. The summed E-state index contributed by atoms with van der Waals surface area (Å²) >= 11 is 0. The predicted octanol–water partition coefficient (Wildman–Crippen LogP) is 1.68. The average molecular weight is 392 g/mol. The zero-order valence-electron chi connectivity index (χ0n) is 15.7. The third kappa shape index (κ3) is 5.01. The number of aromatic nitrogens is 1. The molecule has 0 saturated carbocycles. The summed E-state index contributed by atoms with van der Waals surface area (Å²) < 4.78 is 6.86. The molecule has 0 aliphatic carbocycles. The minimum Gasteiger partial charge on any atom is -0.497 e. The highest BCUT2D eigenvalue weighted by Crippen LogP contribution is 2.14. The van der Waals surface area contributed by atoms with Crippen LogP contribution in [-0.2, 0) is 4.79 Å². The summed E-state index contributed by atoms with van der Waals surface area (Å²) in [6, 6.07) is 17.3. The smallest absolute Gasteiger partial charge is 0.271 e. The molecule has 0 aliphatic heterocycles. The van der Waals surface area contributed by atoms with Gasteiger partial charge in [-0.05, 0) is 42.5 Å². The highest BCUT2D eigenvalue weighted by molar-refractivity contribution is 5.99. The van der Waals surface area contributed by atoms with E-state index in [-0.39, 0.29) is 6.54 Å². The molecule has 0 atom stereocenters. The zero-order chi connectivity index (χ0) is 20.6. The van der Waals surface area contributed by atoms with E-state index in [1.165, 1.54) is 7.11 Å². The molecule has 0 spiro atoms. The fraction of sp³-hybridized carbons (Fsp3) is 0.0952. The van der Waals surface area contributed by atoms with Gasteiger partial charge in [-0.15, -0.1) is 0 Å². The molecule has 3 aromatic rings. The summed E-state index contributed by atoms with van der Waals surface area (Å²) in [4.78, 5) is 36.6. The van der Waals surface area contributed by atoms with Crippen molar-refractivity contribution in [3.8, 4) is 11.4 Å². The second-order valence-electron chi connectivity index (χ2n) is 6.02. The molecule has 3 rings (SSSR count). The molecule has 3 amide bonds. The number of hydrazine groups is 1. The van der Waals surface area contributed by atoms with E-state index < -0.39 is 17.7 Å². The fourth-order valence-corrected chi connectivity index (χ4v) is 2.65. The Hall–Kier alpha value is -4.07. The van der Waals surface area contributed by atoms with Crippen molar-refractivity contribution in [2.24, 2.45) is 0 Å². The minimum atomic E-state index is -0.562. The van der Waals surface area contributed by atoms with Crippen LogP contribution in [0.2, 0.25) is 0 Å². The number of ether oxygens (including phenoxy) is 1. The van der Waals surface area contributed by atoms with E-state index in [0.717, 1.165) is 0 Å².